The lowest BCUT2D eigenvalue weighted by Gasteiger charge is -2.19. The SMILES string of the molecule is CCC(N)Cc1c(N(C)CC2CC2)nc2sccn12. The Bertz CT molecular complexity index is 555. The van der Waals surface area contributed by atoms with Crippen LogP contribution in [-0.2, 0) is 6.42 Å². The molecule has 2 heterocycles. The van der Waals surface area contributed by atoms with Crippen LogP contribution < -0.4 is 10.6 Å². The molecule has 2 aromatic heterocycles. The van der Waals surface area contributed by atoms with E-state index < -0.39 is 0 Å². The van der Waals surface area contributed by atoms with Crippen molar-refractivity contribution in [1.29, 1.82) is 0 Å². The fourth-order valence-corrected chi connectivity index (χ4v) is 3.21. The number of aromatic nitrogens is 2. The predicted molar refractivity (Wildman–Crippen MR) is 81.0 cm³/mol. The number of imidazole rings is 1. The van der Waals surface area contributed by atoms with E-state index in [0.717, 1.165) is 36.1 Å². The Kier molecular flexibility index (Phi) is 3.50. The minimum Gasteiger partial charge on any atom is -0.358 e. The zero-order chi connectivity index (χ0) is 13.4. The number of rotatable bonds is 6. The van der Waals surface area contributed by atoms with Gasteiger partial charge in [-0.1, -0.05) is 6.92 Å². The van der Waals surface area contributed by atoms with E-state index in [2.05, 4.69) is 34.8 Å². The van der Waals surface area contributed by atoms with Gasteiger partial charge in [0.1, 0.15) is 0 Å². The van der Waals surface area contributed by atoms with Crippen LogP contribution >= 0.6 is 11.3 Å². The maximum atomic E-state index is 6.15. The maximum Gasteiger partial charge on any atom is 0.195 e. The van der Waals surface area contributed by atoms with Crippen LogP contribution in [-0.4, -0.2) is 29.0 Å². The molecule has 2 aromatic rings. The first kappa shape index (κ1) is 12.9. The lowest BCUT2D eigenvalue weighted by atomic mass is 10.1. The van der Waals surface area contributed by atoms with Crippen molar-refractivity contribution in [3.8, 4) is 0 Å². The average Bonchev–Trinajstić information content (AvgIpc) is 2.98. The highest BCUT2D eigenvalue weighted by Crippen LogP contribution is 2.32. The van der Waals surface area contributed by atoms with E-state index in [4.69, 9.17) is 10.7 Å². The molecule has 0 aliphatic heterocycles. The Morgan fingerprint density at radius 2 is 2.37 bits per heavy atom. The Balaban J connectivity index is 1.91. The summed E-state index contributed by atoms with van der Waals surface area (Å²) in [6.07, 6.45) is 6.76. The zero-order valence-corrected chi connectivity index (χ0v) is 12.5. The summed E-state index contributed by atoms with van der Waals surface area (Å²) >= 11 is 1.69. The highest BCUT2D eigenvalue weighted by molar-refractivity contribution is 7.15. The van der Waals surface area contributed by atoms with E-state index in [-0.39, 0.29) is 6.04 Å². The first-order valence-corrected chi connectivity index (χ1v) is 7.98. The van der Waals surface area contributed by atoms with Crippen LogP contribution in [0.15, 0.2) is 11.6 Å². The van der Waals surface area contributed by atoms with E-state index in [1.54, 1.807) is 11.3 Å². The first-order valence-electron chi connectivity index (χ1n) is 7.10. The van der Waals surface area contributed by atoms with Gasteiger partial charge in [-0.15, -0.1) is 11.3 Å². The van der Waals surface area contributed by atoms with Crippen molar-refractivity contribution < 1.29 is 0 Å². The Morgan fingerprint density at radius 3 is 3.05 bits per heavy atom. The topological polar surface area (TPSA) is 46.6 Å². The quantitative estimate of drug-likeness (QED) is 0.883. The van der Waals surface area contributed by atoms with Gasteiger partial charge < -0.3 is 10.6 Å². The van der Waals surface area contributed by atoms with Gasteiger partial charge in [-0.2, -0.15) is 0 Å². The van der Waals surface area contributed by atoms with Crippen molar-refractivity contribution >= 4 is 22.1 Å². The molecule has 0 spiro atoms. The number of nitrogens with zero attached hydrogens (tertiary/aromatic N) is 3. The molecule has 0 bridgehead atoms. The van der Waals surface area contributed by atoms with Crippen molar-refractivity contribution in [1.82, 2.24) is 9.38 Å². The maximum absolute atomic E-state index is 6.15. The number of hydrogen-bond acceptors (Lipinski definition) is 4. The molecule has 3 rings (SSSR count). The minimum atomic E-state index is 0.216. The zero-order valence-electron chi connectivity index (χ0n) is 11.7. The summed E-state index contributed by atoms with van der Waals surface area (Å²) in [6, 6.07) is 0.216. The van der Waals surface area contributed by atoms with Gasteiger partial charge in [-0.3, -0.25) is 4.40 Å². The van der Waals surface area contributed by atoms with Crippen molar-refractivity contribution in [3.63, 3.8) is 0 Å². The van der Waals surface area contributed by atoms with Crippen molar-refractivity contribution in [2.24, 2.45) is 11.7 Å². The highest BCUT2D eigenvalue weighted by Gasteiger charge is 2.26. The summed E-state index contributed by atoms with van der Waals surface area (Å²) in [6.45, 7) is 3.27. The Morgan fingerprint density at radius 1 is 1.58 bits per heavy atom. The van der Waals surface area contributed by atoms with E-state index in [1.807, 2.05) is 0 Å². The van der Waals surface area contributed by atoms with Gasteiger partial charge in [-0.25, -0.2) is 4.98 Å². The van der Waals surface area contributed by atoms with Gasteiger partial charge in [0.2, 0.25) is 0 Å². The average molecular weight is 278 g/mol. The van der Waals surface area contributed by atoms with Gasteiger partial charge >= 0.3 is 0 Å². The smallest absolute Gasteiger partial charge is 0.195 e. The van der Waals surface area contributed by atoms with Crippen LogP contribution in [0.3, 0.4) is 0 Å². The molecule has 0 aromatic carbocycles. The Hall–Kier alpha value is -1.07. The lowest BCUT2D eigenvalue weighted by Crippen LogP contribution is -2.26. The molecule has 1 aliphatic rings. The molecule has 4 nitrogen and oxygen atoms in total. The minimum absolute atomic E-state index is 0.216. The number of thiazole rings is 1. The molecule has 104 valence electrons. The molecule has 19 heavy (non-hydrogen) atoms. The first-order chi connectivity index (χ1) is 9.19. The third-order valence-electron chi connectivity index (χ3n) is 3.91. The normalized spacial score (nSPS) is 17.0. The van der Waals surface area contributed by atoms with Gasteiger partial charge in [-0.05, 0) is 25.2 Å². The van der Waals surface area contributed by atoms with Crippen LogP contribution in [0, 0.1) is 5.92 Å². The van der Waals surface area contributed by atoms with Crippen LogP contribution in [0.5, 0.6) is 0 Å². The standard InChI is InChI=1S/C14H22N4S/c1-3-11(15)8-12-13(17(2)9-10-4-5-10)16-14-18(12)6-7-19-14/h6-7,10-11H,3-5,8-9,15H2,1-2H3. The third kappa shape index (κ3) is 2.62. The molecule has 2 N–H and O–H groups in total. The molecule has 0 saturated heterocycles. The lowest BCUT2D eigenvalue weighted by molar-refractivity contribution is 0.632. The van der Waals surface area contributed by atoms with Gasteiger partial charge in [0.05, 0.1) is 5.69 Å². The molecule has 1 unspecified atom stereocenters. The molecule has 1 fully saturated rings. The van der Waals surface area contributed by atoms with Crippen LogP contribution in [0.4, 0.5) is 5.82 Å². The summed E-state index contributed by atoms with van der Waals surface area (Å²) in [5, 5.41) is 2.09. The molecule has 1 aliphatic carbocycles. The molecular weight excluding hydrogens is 256 g/mol. The number of hydrogen-bond donors (Lipinski definition) is 1. The van der Waals surface area contributed by atoms with E-state index >= 15 is 0 Å². The second-order valence-electron chi connectivity index (χ2n) is 5.63. The van der Waals surface area contributed by atoms with Gasteiger partial charge in [0.25, 0.3) is 0 Å². The molecular formula is C14H22N4S. The highest BCUT2D eigenvalue weighted by atomic mass is 32.1. The predicted octanol–water partition coefficient (Wildman–Crippen LogP) is 2.52. The van der Waals surface area contributed by atoms with E-state index in [1.165, 1.54) is 18.5 Å². The molecule has 0 amide bonds. The van der Waals surface area contributed by atoms with Crippen molar-refractivity contribution in [2.45, 2.75) is 38.6 Å². The van der Waals surface area contributed by atoms with Crippen molar-refractivity contribution in [3.05, 3.63) is 17.3 Å². The molecule has 1 atom stereocenters. The summed E-state index contributed by atoms with van der Waals surface area (Å²) < 4.78 is 2.21. The summed E-state index contributed by atoms with van der Waals surface area (Å²) in [4.78, 5) is 8.19. The van der Waals surface area contributed by atoms with Crippen LogP contribution in [0.25, 0.3) is 4.96 Å². The Labute approximate surface area is 118 Å². The molecule has 0 radical (unpaired) electrons. The molecule has 5 heteroatoms. The fourth-order valence-electron chi connectivity index (χ4n) is 2.48. The van der Waals surface area contributed by atoms with Gasteiger partial charge in [0, 0.05) is 37.6 Å². The van der Waals surface area contributed by atoms with Gasteiger partial charge in [0.15, 0.2) is 10.8 Å². The fraction of sp³-hybridized carbons (Fsp3) is 0.643. The van der Waals surface area contributed by atoms with Crippen LogP contribution in [0.1, 0.15) is 31.9 Å². The second kappa shape index (κ2) is 5.13. The largest absolute Gasteiger partial charge is 0.358 e. The van der Waals surface area contributed by atoms with E-state index in [9.17, 15) is 0 Å². The molecule has 1 saturated carbocycles. The number of fused-ring (bicyclic) bond motifs is 1. The number of nitrogens with two attached hydrogens (primary N) is 1. The second-order valence-corrected chi connectivity index (χ2v) is 6.51. The number of anilines is 1. The monoisotopic (exact) mass is 278 g/mol. The third-order valence-corrected chi connectivity index (χ3v) is 4.67. The summed E-state index contributed by atoms with van der Waals surface area (Å²) in [5.41, 5.74) is 7.42. The van der Waals surface area contributed by atoms with E-state index in [0.29, 0.717) is 0 Å². The van der Waals surface area contributed by atoms with Crippen molar-refractivity contribution in [2.75, 3.05) is 18.5 Å². The summed E-state index contributed by atoms with van der Waals surface area (Å²) in [7, 11) is 2.16. The summed E-state index contributed by atoms with van der Waals surface area (Å²) in [5.74, 6) is 2.00. The van der Waals surface area contributed by atoms with Crippen LogP contribution in [0.2, 0.25) is 0 Å².